The van der Waals surface area contributed by atoms with Crippen LogP contribution in [0.25, 0.3) is 6.08 Å². The Morgan fingerprint density at radius 1 is 1.21 bits per heavy atom. The smallest absolute Gasteiger partial charge is 0.331 e. The molecule has 0 aliphatic carbocycles. The average molecular weight is 400 g/mol. The number of carbonyl (C=O) groups excluding carboxylic acids is 2. The summed E-state index contributed by atoms with van der Waals surface area (Å²) >= 11 is 1.51. The maximum absolute atomic E-state index is 12.6. The van der Waals surface area contributed by atoms with Gasteiger partial charge in [-0.05, 0) is 25.5 Å². The molecular formula is C21H25N3O3S. The second-order valence-electron chi connectivity index (χ2n) is 6.79. The van der Waals surface area contributed by atoms with Crippen molar-refractivity contribution in [3.63, 3.8) is 0 Å². The van der Waals surface area contributed by atoms with Gasteiger partial charge in [0.1, 0.15) is 0 Å². The molecule has 1 aromatic heterocycles. The molecular weight excluding hydrogens is 374 g/mol. The van der Waals surface area contributed by atoms with Gasteiger partial charge in [-0.25, -0.2) is 9.78 Å². The summed E-state index contributed by atoms with van der Waals surface area (Å²) in [6.45, 7) is 7.31. The van der Waals surface area contributed by atoms with Crippen LogP contribution in [0.5, 0.6) is 0 Å². The zero-order valence-electron chi connectivity index (χ0n) is 16.2. The average Bonchev–Trinajstić information content (AvgIpc) is 3.12. The topological polar surface area (TPSA) is 62.7 Å². The fourth-order valence-corrected chi connectivity index (χ4v) is 3.68. The highest BCUT2D eigenvalue weighted by molar-refractivity contribution is 7.09. The second kappa shape index (κ2) is 9.61. The summed E-state index contributed by atoms with van der Waals surface area (Å²) in [5.41, 5.74) is 1.99. The molecule has 1 aliphatic heterocycles. The van der Waals surface area contributed by atoms with Gasteiger partial charge in [-0.3, -0.25) is 9.69 Å². The number of carbonyl (C=O) groups is 2. The Bertz CT molecular complexity index is 826. The first kappa shape index (κ1) is 20.2. The number of hydrogen-bond acceptors (Lipinski definition) is 6. The van der Waals surface area contributed by atoms with Crippen LogP contribution in [0.15, 0.2) is 41.8 Å². The van der Waals surface area contributed by atoms with Crippen LogP contribution in [0.2, 0.25) is 0 Å². The van der Waals surface area contributed by atoms with Gasteiger partial charge in [0.2, 0.25) is 0 Å². The number of thiazole rings is 1. The van der Waals surface area contributed by atoms with E-state index < -0.39 is 12.1 Å². The van der Waals surface area contributed by atoms with Gasteiger partial charge >= 0.3 is 5.97 Å². The highest BCUT2D eigenvalue weighted by atomic mass is 32.1. The molecule has 1 atom stereocenters. The Kier molecular flexibility index (Phi) is 6.95. The van der Waals surface area contributed by atoms with Gasteiger partial charge in [-0.15, -0.1) is 11.3 Å². The monoisotopic (exact) mass is 399 g/mol. The third-order valence-corrected chi connectivity index (χ3v) is 5.39. The van der Waals surface area contributed by atoms with Crippen LogP contribution < -0.4 is 0 Å². The number of esters is 1. The van der Waals surface area contributed by atoms with Crippen molar-refractivity contribution in [2.45, 2.75) is 26.5 Å². The maximum Gasteiger partial charge on any atom is 0.331 e. The fraction of sp³-hybridized carbons (Fsp3) is 0.381. The Morgan fingerprint density at radius 2 is 1.93 bits per heavy atom. The number of ether oxygens (including phenoxy) is 1. The van der Waals surface area contributed by atoms with E-state index in [1.165, 1.54) is 23.0 Å². The second-order valence-corrected chi connectivity index (χ2v) is 7.85. The van der Waals surface area contributed by atoms with E-state index in [2.05, 4.69) is 22.0 Å². The minimum Gasteiger partial charge on any atom is -0.449 e. The summed E-state index contributed by atoms with van der Waals surface area (Å²) in [5.74, 6) is -0.681. The number of benzene rings is 1. The number of aryl methyl sites for hydroxylation is 1. The summed E-state index contributed by atoms with van der Waals surface area (Å²) < 4.78 is 5.26. The summed E-state index contributed by atoms with van der Waals surface area (Å²) in [7, 11) is 0. The molecule has 2 heterocycles. The molecule has 1 unspecified atom stereocenters. The van der Waals surface area contributed by atoms with E-state index in [-0.39, 0.29) is 5.91 Å². The predicted molar refractivity (Wildman–Crippen MR) is 110 cm³/mol. The molecule has 0 spiro atoms. The Balaban J connectivity index is 1.43. The Morgan fingerprint density at radius 3 is 2.57 bits per heavy atom. The van der Waals surface area contributed by atoms with Crippen LogP contribution in [-0.4, -0.2) is 58.9 Å². The van der Waals surface area contributed by atoms with Gasteiger partial charge < -0.3 is 9.64 Å². The van der Waals surface area contributed by atoms with E-state index in [0.29, 0.717) is 18.8 Å². The van der Waals surface area contributed by atoms with Crippen molar-refractivity contribution in [3.05, 3.63) is 58.1 Å². The lowest BCUT2D eigenvalue weighted by Crippen LogP contribution is -2.51. The van der Waals surface area contributed by atoms with Crippen molar-refractivity contribution in [3.8, 4) is 0 Å². The van der Waals surface area contributed by atoms with Crippen LogP contribution in [-0.2, 0) is 20.9 Å². The molecule has 3 rings (SSSR count). The molecule has 148 valence electrons. The minimum absolute atomic E-state index is 0.148. The molecule has 1 aliphatic rings. The zero-order chi connectivity index (χ0) is 19.9. The van der Waals surface area contributed by atoms with Gasteiger partial charge in [0.25, 0.3) is 5.91 Å². The highest BCUT2D eigenvalue weighted by Crippen LogP contribution is 2.11. The molecule has 1 aromatic carbocycles. The molecule has 0 N–H and O–H groups in total. The van der Waals surface area contributed by atoms with Gasteiger partial charge in [0, 0.05) is 44.2 Å². The molecule has 0 bridgehead atoms. The molecule has 2 aromatic rings. The van der Waals surface area contributed by atoms with Crippen molar-refractivity contribution in [1.29, 1.82) is 0 Å². The Labute approximate surface area is 169 Å². The first-order valence-corrected chi connectivity index (χ1v) is 10.2. The quantitative estimate of drug-likeness (QED) is 0.552. The van der Waals surface area contributed by atoms with E-state index in [9.17, 15) is 9.59 Å². The normalized spacial score (nSPS) is 16.3. The first-order chi connectivity index (χ1) is 13.5. The summed E-state index contributed by atoms with van der Waals surface area (Å²) in [6, 6.07) is 10.3. The highest BCUT2D eigenvalue weighted by Gasteiger charge is 2.26. The lowest BCUT2D eigenvalue weighted by Gasteiger charge is -2.35. The standard InChI is InChI=1S/C21H25N3O3S/c1-16(27-20(25)9-8-19-15-28-17(2)22-19)21(26)24-12-10-23(11-13-24)14-18-6-4-3-5-7-18/h3-9,15-16H,10-14H2,1-2H3/b9-8+. The van der Waals surface area contributed by atoms with Crippen molar-refractivity contribution in [2.24, 2.45) is 0 Å². The molecule has 0 saturated carbocycles. The van der Waals surface area contributed by atoms with Crippen LogP contribution >= 0.6 is 11.3 Å². The van der Waals surface area contributed by atoms with Crippen molar-refractivity contribution >= 4 is 29.3 Å². The summed E-state index contributed by atoms with van der Waals surface area (Å²) in [5, 5.41) is 2.80. The summed E-state index contributed by atoms with van der Waals surface area (Å²) in [6.07, 6.45) is 2.12. The van der Waals surface area contributed by atoms with Crippen LogP contribution in [0.1, 0.15) is 23.2 Å². The first-order valence-electron chi connectivity index (χ1n) is 9.37. The van der Waals surface area contributed by atoms with Crippen molar-refractivity contribution in [1.82, 2.24) is 14.8 Å². The number of aromatic nitrogens is 1. The number of amides is 1. The lowest BCUT2D eigenvalue weighted by atomic mass is 10.2. The van der Waals surface area contributed by atoms with Crippen LogP contribution in [0.4, 0.5) is 0 Å². The molecule has 7 heteroatoms. The third-order valence-electron chi connectivity index (χ3n) is 4.60. The third kappa shape index (κ3) is 5.74. The molecule has 1 fully saturated rings. The number of rotatable bonds is 6. The molecule has 0 radical (unpaired) electrons. The number of nitrogens with zero attached hydrogens (tertiary/aromatic N) is 3. The zero-order valence-corrected chi connectivity index (χ0v) is 17.0. The van der Waals surface area contributed by atoms with E-state index in [0.717, 1.165) is 24.6 Å². The lowest BCUT2D eigenvalue weighted by molar-refractivity contribution is -0.156. The van der Waals surface area contributed by atoms with E-state index in [4.69, 9.17) is 4.74 Å². The number of piperazine rings is 1. The van der Waals surface area contributed by atoms with E-state index in [1.54, 1.807) is 17.9 Å². The fourth-order valence-electron chi connectivity index (χ4n) is 3.10. The van der Waals surface area contributed by atoms with E-state index >= 15 is 0 Å². The predicted octanol–water partition coefficient (Wildman–Crippen LogP) is 2.74. The van der Waals surface area contributed by atoms with E-state index in [1.807, 2.05) is 30.5 Å². The molecule has 1 amide bonds. The van der Waals surface area contributed by atoms with Gasteiger partial charge in [0.05, 0.1) is 10.7 Å². The van der Waals surface area contributed by atoms with Gasteiger partial charge in [-0.2, -0.15) is 0 Å². The Hall–Kier alpha value is -2.51. The number of hydrogen-bond donors (Lipinski definition) is 0. The van der Waals surface area contributed by atoms with Crippen molar-refractivity contribution < 1.29 is 14.3 Å². The van der Waals surface area contributed by atoms with Crippen LogP contribution in [0.3, 0.4) is 0 Å². The van der Waals surface area contributed by atoms with Gasteiger partial charge in [-0.1, -0.05) is 30.3 Å². The largest absolute Gasteiger partial charge is 0.449 e. The van der Waals surface area contributed by atoms with Gasteiger partial charge in [0.15, 0.2) is 6.10 Å². The summed E-state index contributed by atoms with van der Waals surface area (Å²) in [4.78, 5) is 32.9. The minimum atomic E-state index is -0.796. The SMILES string of the molecule is Cc1nc(/C=C/C(=O)OC(C)C(=O)N2CCN(Cc3ccccc3)CC2)cs1. The van der Waals surface area contributed by atoms with Crippen LogP contribution in [0, 0.1) is 6.92 Å². The molecule has 28 heavy (non-hydrogen) atoms. The maximum atomic E-state index is 12.6. The molecule has 6 nitrogen and oxygen atoms in total. The van der Waals surface area contributed by atoms with Crippen molar-refractivity contribution in [2.75, 3.05) is 26.2 Å². The molecule has 1 saturated heterocycles.